The fourth-order valence-electron chi connectivity index (χ4n) is 2.65. The van der Waals surface area contributed by atoms with E-state index in [2.05, 4.69) is 5.32 Å². The lowest BCUT2D eigenvalue weighted by Gasteiger charge is -2.27. The van der Waals surface area contributed by atoms with Gasteiger partial charge in [-0.3, -0.25) is 4.79 Å². The van der Waals surface area contributed by atoms with Crippen LogP contribution in [0.2, 0.25) is 0 Å². The zero-order valence-electron chi connectivity index (χ0n) is 16.0. The number of esters is 1. The highest BCUT2D eigenvalue weighted by molar-refractivity contribution is 5.96. The normalized spacial score (nSPS) is 10.8. The van der Waals surface area contributed by atoms with E-state index >= 15 is 0 Å². The van der Waals surface area contributed by atoms with Crippen molar-refractivity contribution >= 4 is 29.3 Å². The highest BCUT2D eigenvalue weighted by Gasteiger charge is 2.18. The van der Waals surface area contributed by atoms with Gasteiger partial charge in [-0.2, -0.15) is 0 Å². The number of carbonyl (C=O) groups is 2. The van der Waals surface area contributed by atoms with Gasteiger partial charge >= 0.3 is 5.97 Å². The lowest BCUT2D eigenvalue weighted by Crippen LogP contribution is -2.40. The van der Waals surface area contributed by atoms with E-state index in [1.807, 2.05) is 68.4 Å². The van der Waals surface area contributed by atoms with Gasteiger partial charge in [0.1, 0.15) is 0 Å². The van der Waals surface area contributed by atoms with Crippen LogP contribution in [0.1, 0.15) is 26.3 Å². The molecule has 0 aromatic heterocycles. The van der Waals surface area contributed by atoms with Gasteiger partial charge in [0, 0.05) is 23.5 Å². The fourth-order valence-corrected chi connectivity index (χ4v) is 2.65. The minimum absolute atomic E-state index is 0.00230. The van der Waals surface area contributed by atoms with Crippen molar-refractivity contribution in [3.63, 3.8) is 0 Å². The first-order chi connectivity index (χ1) is 13.0. The summed E-state index contributed by atoms with van der Waals surface area (Å²) in [7, 11) is 0. The van der Waals surface area contributed by atoms with E-state index in [0.29, 0.717) is 6.61 Å². The molecule has 0 atom stereocenters. The topological polar surface area (TPSA) is 58.6 Å². The number of ether oxygens (including phenoxy) is 1. The first kappa shape index (κ1) is 20.2. The molecule has 2 aromatic carbocycles. The van der Waals surface area contributed by atoms with Gasteiger partial charge in [0.25, 0.3) is 0 Å². The Bertz CT molecular complexity index is 768. The van der Waals surface area contributed by atoms with Gasteiger partial charge in [-0.15, -0.1) is 0 Å². The van der Waals surface area contributed by atoms with Crippen LogP contribution in [0.25, 0.3) is 6.08 Å². The van der Waals surface area contributed by atoms with Crippen LogP contribution in [-0.4, -0.2) is 31.1 Å². The van der Waals surface area contributed by atoms with Crippen LogP contribution < -0.4 is 10.2 Å². The monoisotopic (exact) mass is 366 g/mol. The van der Waals surface area contributed by atoms with Crippen LogP contribution in [0, 0.1) is 0 Å². The van der Waals surface area contributed by atoms with Crippen LogP contribution in [0.3, 0.4) is 0 Å². The minimum Gasteiger partial charge on any atom is -0.463 e. The third-order valence-electron chi connectivity index (χ3n) is 3.87. The smallest absolute Gasteiger partial charge is 0.330 e. The van der Waals surface area contributed by atoms with E-state index in [0.717, 1.165) is 16.9 Å². The first-order valence-electron chi connectivity index (χ1n) is 9.07. The molecule has 27 heavy (non-hydrogen) atoms. The molecule has 0 radical (unpaired) electrons. The number of anilines is 2. The van der Waals surface area contributed by atoms with Crippen molar-refractivity contribution in [3.8, 4) is 0 Å². The number of hydrogen-bond acceptors (Lipinski definition) is 4. The summed E-state index contributed by atoms with van der Waals surface area (Å²) in [4.78, 5) is 25.8. The Balaban J connectivity index is 1.95. The van der Waals surface area contributed by atoms with Crippen LogP contribution in [0.4, 0.5) is 11.4 Å². The van der Waals surface area contributed by atoms with Crippen molar-refractivity contribution < 1.29 is 14.3 Å². The predicted octanol–water partition coefficient (Wildman–Crippen LogP) is 4.12. The molecule has 0 saturated heterocycles. The molecule has 2 rings (SSSR count). The van der Waals surface area contributed by atoms with Crippen LogP contribution in [-0.2, 0) is 14.3 Å². The first-order valence-corrected chi connectivity index (χ1v) is 9.07. The summed E-state index contributed by atoms with van der Waals surface area (Å²) in [6.45, 7) is 6.32. The number of carbonyl (C=O) groups excluding carboxylic acids is 2. The van der Waals surface area contributed by atoms with E-state index in [-0.39, 0.29) is 24.5 Å². The lowest BCUT2D eigenvalue weighted by molar-refractivity contribution is -0.137. The Morgan fingerprint density at radius 2 is 1.74 bits per heavy atom. The average molecular weight is 366 g/mol. The Morgan fingerprint density at radius 1 is 1.07 bits per heavy atom. The van der Waals surface area contributed by atoms with Crippen molar-refractivity contribution in [2.24, 2.45) is 0 Å². The average Bonchev–Trinajstić information content (AvgIpc) is 2.66. The largest absolute Gasteiger partial charge is 0.463 e. The van der Waals surface area contributed by atoms with E-state index in [4.69, 9.17) is 4.74 Å². The second-order valence-electron chi connectivity index (χ2n) is 6.25. The Labute approximate surface area is 160 Å². The van der Waals surface area contributed by atoms with Crippen molar-refractivity contribution in [3.05, 3.63) is 66.2 Å². The summed E-state index contributed by atoms with van der Waals surface area (Å²) in [5.41, 5.74) is 2.61. The maximum absolute atomic E-state index is 12.7. The molecule has 5 nitrogen and oxygen atoms in total. The summed E-state index contributed by atoms with van der Waals surface area (Å²) in [5.74, 6) is -0.359. The molecular weight excluding hydrogens is 340 g/mol. The van der Waals surface area contributed by atoms with Gasteiger partial charge in [-0.25, -0.2) is 4.79 Å². The van der Waals surface area contributed by atoms with Gasteiger partial charge in [0.05, 0.1) is 13.2 Å². The molecule has 1 amide bonds. The molecule has 142 valence electrons. The summed E-state index contributed by atoms with van der Waals surface area (Å²) >= 11 is 0. The van der Waals surface area contributed by atoms with Gasteiger partial charge in [0.2, 0.25) is 5.91 Å². The van der Waals surface area contributed by atoms with Crippen molar-refractivity contribution in [2.45, 2.75) is 26.8 Å². The van der Waals surface area contributed by atoms with Crippen molar-refractivity contribution in [1.82, 2.24) is 0 Å². The fraction of sp³-hybridized carbons (Fsp3) is 0.273. The molecular formula is C22H26N2O3. The van der Waals surface area contributed by atoms with Gasteiger partial charge < -0.3 is 15.0 Å². The molecule has 0 fully saturated rings. The molecule has 0 aliphatic carbocycles. The Morgan fingerprint density at radius 3 is 2.33 bits per heavy atom. The third-order valence-corrected chi connectivity index (χ3v) is 3.87. The van der Waals surface area contributed by atoms with E-state index in [1.54, 1.807) is 17.9 Å². The molecule has 1 N–H and O–H groups in total. The van der Waals surface area contributed by atoms with E-state index < -0.39 is 0 Å². The number of amides is 1. The molecule has 0 spiro atoms. The molecule has 5 heteroatoms. The van der Waals surface area contributed by atoms with Crippen LogP contribution >= 0.6 is 0 Å². The van der Waals surface area contributed by atoms with E-state index in [1.165, 1.54) is 6.08 Å². The molecule has 0 aliphatic rings. The molecule has 0 saturated carbocycles. The summed E-state index contributed by atoms with van der Waals surface area (Å²) in [6.07, 6.45) is 3.10. The highest BCUT2D eigenvalue weighted by atomic mass is 16.5. The molecule has 0 unspecified atom stereocenters. The molecule has 0 bridgehead atoms. The minimum atomic E-state index is -0.361. The number of benzene rings is 2. The number of nitrogens with one attached hydrogen (secondary N) is 1. The zero-order chi connectivity index (χ0) is 19.6. The number of rotatable bonds is 8. The Kier molecular flexibility index (Phi) is 7.62. The summed E-state index contributed by atoms with van der Waals surface area (Å²) < 4.78 is 4.85. The van der Waals surface area contributed by atoms with Gasteiger partial charge in [-0.05, 0) is 56.7 Å². The summed E-state index contributed by atoms with van der Waals surface area (Å²) in [6, 6.07) is 17.2. The Hall–Kier alpha value is -3.08. The van der Waals surface area contributed by atoms with Crippen LogP contribution in [0.5, 0.6) is 0 Å². The third kappa shape index (κ3) is 6.29. The number of nitrogens with zero attached hydrogens (tertiary/aromatic N) is 1. The molecule has 0 aliphatic heterocycles. The second kappa shape index (κ2) is 10.2. The summed E-state index contributed by atoms with van der Waals surface area (Å²) in [5, 5.41) is 3.15. The highest BCUT2D eigenvalue weighted by Crippen LogP contribution is 2.17. The lowest BCUT2D eigenvalue weighted by atomic mass is 10.2. The molecule has 0 heterocycles. The van der Waals surface area contributed by atoms with Gasteiger partial charge in [-0.1, -0.05) is 30.3 Å². The maximum Gasteiger partial charge on any atom is 0.330 e. The second-order valence-corrected chi connectivity index (χ2v) is 6.25. The number of hydrogen-bond donors (Lipinski definition) is 1. The van der Waals surface area contributed by atoms with Crippen molar-refractivity contribution in [1.29, 1.82) is 0 Å². The number of para-hydroxylation sites is 1. The maximum atomic E-state index is 12.7. The standard InChI is InChI=1S/C22H26N2O3/c1-4-27-22(26)15-12-18-10-13-19(14-11-18)23-16-21(25)24(17(2)3)20-8-6-5-7-9-20/h5-15,17,23H,4,16H2,1-3H3/b15-12+. The quantitative estimate of drug-likeness (QED) is 0.564. The van der Waals surface area contributed by atoms with Gasteiger partial charge in [0.15, 0.2) is 0 Å². The SMILES string of the molecule is CCOC(=O)/C=C/c1ccc(NCC(=O)N(c2ccccc2)C(C)C)cc1. The molecule has 2 aromatic rings. The van der Waals surface area contributed by atoms with Crippen molar-refractivity contribution in [2.75, 3.05) is 23.4 Å². The van der Waals surface area contributed by atoms with E-state index in [9.17, 15) is 9.59 Å². The zero-order valence-corrected chi connectivity index (χ0v) is 16.0. The predicted molar refractivity (Wildman–Crippen MR) is 110 cm³/mol. The van der Waals surface area contributed by atoms with Crippen LogP contribution in [0.15, 0.2) is 60.7 Å².